The molecule has 1 fully saturated rings. The van der Waals surface area contributed by atoms with Gasteiger partial charge in [-0.15, -0.1) is 5.92 Å². The number of hydrogen-bond donors (Lipinski definition) is 5. The number of aliphatic hydroxyl groups is 1. The molecule has 12 nitrogen and oxygen atoms in total. The Morgan fingerprint density at radius 2 is 1.86 bits per heavy atom. The lowest BCUT2D eigenvalue weighted by atomic mass is 9.71. The molecule has 3 aliphatic rings. The van der Waals surface area contributed by atoms with Crippen LogP contribution in [0.4, 0.5) is 11.6 Å². The fourth-order valence-corrected chi connectivity index (χ4v) is 9.15. The molecule has 298 valence electrons. The lowest BCUT2D eigenvalue weighted by Crippen LogP contribution is -2.57. The van der Waals surface area contributed by atoms with Crippen molar-refractivity contribution in [3.8, 4) is 29.1 Å². The summed E-state index contributed by atoms with van der Waals surface area (Å²) >= 11 is 0. The zero-order valence-corrected chi connectivity index (χ0v) is 32.4. The van der Waals surface area contributed by atoms with Crippen molar-refractivity contribution < 1.29 is 34.0 Å². The van der Waals surface area contributed by atoms with Gasteiger partial charge in [-0.3, -0.25) is 4.79 Å². The standard InChI is InChI=1S/C46H46N4O8/c1-3-32(26-8-4-5-9-26)45(55)57-36-22-34-42(54)40-35(53)21-31(24-51)56-44(40)41-39(28-16-17-49-38(48)20-28)33(27-10-6-12-30(52)19-27)13-7-11-29(46(36,2)58-43(34)41)18-25-14-15-37(47)50-23-25/h3,6,10,12,14-17,19-21,23,26,29,33,36,39,51-52,54H,4-5,8-9,11,18,22,24H2,1-2H3,(H2,47,50)(H2,48,49)/b32-3-/t29-,33+,36+,39-,46-/m0/s1. The van der Waals surface area contributed by atoms with Crippen LogP contribution in [0.5, 0.6) is 17.2 Å². The van der Waals surface area contributed by atoms with Crippen molar-refractivity contribution in [3.63, 3.8) is 0 Å². The van der Waals surface area contributed by atoms with Gasteiger partial charge in [-0.1, -0.05) is 43.0 Å². The molecule has 8 rings (SSSR count). The van der Waals surface area contributed by atoms with Crippen LogP contribution in [-0.2, 0) is 29.0 Å². The summed E-state index contributed by atoms with van der Waals surface area (Å²) in [5, 5.41) is 33.1. The average molecular weight is 783 g/mol. The summed E-state index contributed by atoms with van der Waals surface area (Å²) in [6.45, 7) is 3.15. The second-order valence-electron chi connectivity index (χ2n) is 15.7. The number of ether oxygens (including phenoxy) is 2. The van der Waals surface area contributed by atoms with Crippen molar-refractivity contribution in [2.24, 2.45) is 11.8 Å². The minimum atomic E-state index is -1.28. The van der Waals surface area contributed by atoms with Gasteiger partial charge in [-0.2, -0.15) is 0 Å². The number of phenolic OH excluding ortho intramolecular Hbond substituents is 2. The number of aromatic hydroxyl groups is 2. The van der Waals surface area contributed by atoms with Gasteiger partial charge in [0.2, 0.25) is 0 Å². The summed E-state index contributed by atoms with van der Waals surface area (Å²) in [7, 11) is 0. The molecule has 0 saturated heterocycles. The number of carbonyl (C=O) groups excluding carboxylic acids is 1. The predicted molar refractivity (Wildman–Crippen MR) is 218 cm³/mol. The van der Waals surface area contributed by atoms with Gasteiger partial charge >= 0.3 is 5.97 Å². The number of aromatic nitrogens is 2. The quantitative estimate of drug-likeness (QED) is 0.0644. The normalized spacial score (nSPS) is 23.1. The number of fused-ring (bicyclic) bond motifs is 3. The number of carbonyl (C=O) groups is 1. The zero-order chi connectivity index (χ0) is 40.7. The Balaban J connectivity index is 1.43. The maximum Gasteiger partial charge on any atom is 0.334 e. The van der Waals surface area contributed by atoms with E-state index in [2.05, 4.69) is 21.8 Å². The molecule has 0 radical (unpaired) electrons. The van der Waals surface area contributed by atoms with E-state index in [-0.39, 0.29) is 64.1 Å². The molecule has 2 bridgehead atoms. The monoisotopic (exact) mass is 782 g/mol. The maximum absolute atomic E-state index is 14.3. The van der Waals surface area contributed by atoms with Gasteiger partial charge in [0.05, 0.1) is 5.92 Å². The number of pyridine rings is 2. The first kappa shape index (κ1) is 38.5. The Labute approximate surface area is 335 Å². The van der Waals surface area contributed by atoms with Crippen LogP contribution < -0.4 is 21.6 Å². The van der Waals surface area contributed by atoms with Crippen LogP contribution in [0.25, 0.3) is 11.0 Å². The highest BCUT2D eigenvalue weighted by atomic mass is 16.6. The molecule has 58 heavy (non-hydrogen) atoms. The Morgan fingerprint density at radius 3 is 2.57 bits per heavy atom. The molecule has 0 amide bonds. The molecule has 5 heterocycles. The van der Waals surface area contributed by atoms with Crippen molar-refractivity contribution >= 4 is 28.6 Å². The number of nitrogens with zero attached hydrogens (tertiary/aromatic N) is 2. The van der Waals surface area contributed by atoms with E-state index >= 15 is 0 Å². The molecule has 12 heteroatoms. The van der Waals surface area contributed by atoms with Crippen LogP contribution in [0.1, 0.15) is 91.4 Å². The van der Waals surface area contributed by atoms with Crippen LogP contribution in [-0.4, -0.2) is 43.0 Å². The van der Waals surface area contributed by atoms with E-state index in [0.29, 0.717) is 34.5 Å². The minimum Gasteiger partial charge on any atom is -0.508 e. The Bertz CT molecular complexity index is 2550. The minimum absolute atomic E-state index is 0.00442. The Hall–Kier alpha value is -6.32. The van der Waals surface area contributed by atoms with Crippen LogP contribution >= 0.6 is 0 Å². The molecular weight excluding hydrogens is 737 g/mol. The molecule has 2 aromatic carbocycles. The van der Waals surface area contributed by atoms with Gasteiger partial charge < -0.3 is 40.7 Å². The number of nitrogens with two attached hydrogens (primary N) is 2. The lowest BCUT2D eigenvalue weighted by molar-refractivity contribution is -0.165. The third kappa shape index (κ3) is 7.00. The molecule has 1 aliphatic carbocycles. The first-order chi connectivity index (χ1) is 28.0. The molecule has 7 N–H and O–H groups in total. The van der Waals surface area contributed by atoms with Gasteiger partial charge in [0.15, 0.2) is 5.43 Å². The number of anilines is 2. The van der Waals surface area contributed by atoms with E-state index in [1.807, 2.05) is 32.1 Å². The molecule has 0 spiro atoms. The zero-order valence-electron chi connectivity index (χ0n) is 32.4. The SMILES string of the molecule is C/C=C(\C(=O)O[C@@H]1Cc2c3c(c4oc(CO)cc(=O)c4c2O)[C@@H](c2ccnc(N)c2)[C@@H](c2cccc(O)c2)C#CC[C@@H](Cc2ccc(N)nc2)[C@]1(C)O3)C1CCCC1. The number of esters is 1. The lowest BCUT2D eigenvalue weighted by Gasteiger charge is -2.47. The number of benzene rings is 2. The Kier molecular flexibility index (Phi) is 10.3. The summed E-state index contributed by atoms with van der Waals surface area (Å²) in [5.41, 5.74) is 13.8. The second kappa shape index (κ2) is 15.6. The van der Waals surface area contributed by atoms with E-state index < -0.39 is 47.5 Å². The summed E-state index contributed by atoms with van der Waals surface area (Å²) in [4.78, 5) is 36.9. The van der Waals surface area contributed by atoms with Gasteiger partial charge in [0.1, 0.15) is 63.9 Å². The third-order valence-electron chi connectivity index (χ3n) is 12.2. The smallest absolute Gasteiger partial charge is 0.334 e. The molecule has 1 saturated carbocycles. The molecule has 3 aromatic heterocycles. The molecule has 5 aromatic rings. The van der Waals surface area contributed by atoms with E-state index in [1.165, 1.54) is 0 Å². The third-order valence-corrected chi connectivity index (χ3v) is 12.2. The number of hydrogen-bond acceptors (Lipinski definition) is 12. The summed E-state index contributed by atoms with van der Waals surface area (Å²) in [5.74, 6) is 5.13. The largest absolute Gasteiger partial charge is 0.508 e. The number of rotatable bonds is 8. The average Bonchev–Trinajstić information content (AvgIpc) is 3.74. The van der Waals surface area contributed by atoms with E-state index in [1.54, 1.807) is 48.8 Å². The highest BCUT2D eigenvalue weighted by Crippen LogP contribution is 2.55. The van der Waals surface area contributed by atoms with Crippen LogP contribution in [0.15, 0.2) is 87.9 Å². The van der Waals surface area contributed by atoms with E-state index in [0.717, 1.165) is 37.3 Å². The van der Waals surface area contributed by atoms with Crippen molar-refractivity contribution in [3.05, 3.63) is 122 Å². The van der Waals surface area contributed by atoms with E-state index in [9.17, 15) is 24.9 Å². The van der Waals surface area contributed by atoms with Gasteiger partial charge in [-0.25, -0.2) is 14.8 Å². The maximum atomic E-state index is 14.3. The first-order valence-corrected chi connectivity index (χ1v) is 19.7. The summed E-state index contributed by atoms with van der Waals surface area (Å²) in [6, 6.07) is 15.0. The molecule has 0 unspecified atom stereocenters. The fourth-order valence-electron chi connectivity index (χ4n) is 9.15. The van der Waals surface area contributed by atoms with Gasteiger partial charge in [0.25, 0.3) is 0 Å². The van der Waals surface area contributed by atoms with Crippen molar-refractivity contribution in [1.29, 1.82) is 0 Å². The number of aliphatic hydroxyl groups excluding tert-OH is 1. The van der Waals surface area contributed by atoms with Crippen molar-refractivity contribution in [2.75, 3.05) is 11.5 Å². The highest BCUT2D eigenvalue weighted by Gasteiger charge is 2.52. The van der Waals surface area contributed by atoms with Crippen LogP contribution in [0, 0.1) is 23.7 Å². The summed E-state index contributed by atoms with van der Waals surface area (Å²) in [6.07, 6.45) is 8.66. The topological polar surface area (TPSA) is 204 Å². The van der Waals surface area contributed by atoms with Gasteiger partial charge in [-0.05, 0) is 86.1 Å². The first-order valence-electron chi connectivity index (χ1n) is 19.7. The van der Waals surface area contributed by atoms with Crippen LogP contribution in [0.2, 0.25) is 0 Å². The van der Waals surface area contributed by atoms with Crippen LogP contribution in [0.3, 0.4) is 0 Å². The fraction of sp³-hybridized carbons (Fsp3) is 0.348. The number of allylic oxidation sites excluding steroid dienone is 1. The highest BCUT2D eigenvalue weighted by molar-refractivity contribution is 5.92. The van der Waals surface area contributed by atoms with E-state index in [4.69, 9.17) is 25.4 Å². The molecular formula is C46H46N4O8. The number of nitrogen functional groups attached to an aromatic ring is 2. The predicted octanol–water partition coefficient (Wildman–Crippen LogP) is 6.57. The van der Waals surface area contributed by atoms with Crippen molar-refractivity contribution in [2.45, 2.75) is 88.9 Å². The summed E-state index contributed by atoms with van der Waals surface area (Å²) < 4.78 is 20.3. The van der Waals surface area contributed by atoms with Crippen molar-refractivity contribution in [1.82, 2.24) is 9.97 Å². The number of phenols is 2. The Morgan fingerprint density at radius 1 is 1.05 bits per heavy atom. The van der Waals surface area contributed by atoms with Gasteiger partial charge in [0, 0.05) is 59.8 Å². The molecule has 5 atom stereocenters. The second-order valence-corrected chi connectivity index (χ2v) is 15.7. The molecule has 2 aliphatic heterocycles.